The molecular formula is C21H27NO5. The number of methoxy groups -OCH3 is 3. The Balaban J connectivity index is 1.91. The molecule has 0 radical (unpaired) electrons. The van der Waals surface area contributed by atoms with Gasteiger partial charge in [-0.1, -0.05) is 25.1 Å². The molecule has 0 aliphatic rings. The zero-order valence-electron chi connectivity index (χ0n) is 16.3. The Labute approximate surface area is 160 Å². The Morgan fingerprint density at radius 3 is 2.19 bits per heavy atom. The first-order chi connectivity index (χ1) is 13.1. The third kappa shape index (κ3) is 5.54. The number of hydrogen-bond donors (Lipinski definition) is 1. The van der Waals surface area contributed by atoms with Crippen LogP contribution in [0, 0.1) is 0 Å². The maximum absolute atomic E-state index is 12.5. The Morgan fingerprint density at radius 1 is 0.926 bits per heavy atom. The van der Waals surface area contributed by atoms with E-state index >= 15 is 0 Å². The first-order valence-corrected chi connectivity index (χ1v) is 8.91. The first-order valence-electron chi connectivity index (χ1n) is 8.91. The molecule has 27 heavy (non-hydrogen) atoms. The van der Waals surface area contributed by atoms with E-state index in [1.807, 2.05) is 37.3 Å². The average molecular weight is 373 g/mol. The van der Waals surface area contributed by atoms with E-state index in [9.17, 15) is 4.79 Å². The largest absolute Gasteiger partial charge is 0.493 e. The quantitative estimate of drug-likeness (QED) is 0.693. The van der Waals surface area contributed by atoms with E-state index in [-0.39, 0.29) is 5.91 Å². The van der Waals surface area contributed by atoms with E-state index in [2.05, 4.69) is 5.32 Å². The lowest BCUT2D eigenvalue weighted by Crippen LogP contribution is -2.39. The minimum absolute atomic E-state index is 0.149. The van der Waals surface area contributed by atoms with E-state index in [1.54, 1.807) is 33.5 Å². The van der Waals surface area contributed by atoms with Gasteiger partial charge < -0.3 is 24.3 Å². The highest BCUT2D eigenvalue weighted by Gasteiger charge is 2.19. The van der Waals surface area contributed by atoms with Gasteiger partial charge in [-0.25, -0.2) is 0 Å². The lowest BCUT2D eigenvalue weighted by molar-refractivity contribution is -0.128. The lowest BCUT2D eigenvalue weighted by atomic mass is 10.1. The fourth-order valence-electron chi connectivity index (χ4n) is 2.67. The van der Waals surface area contributed by atoms with Gasteiger partial charge >= 0.3 is 0 Å². The van der Waals surface area contributed by atoms with E-state index in [1.165, 1.54) is 0 Å². The molecular weight excluding hydrogens is 346 g/mol. The number of carbonyl (C=O) groups is 1. The van der Waals surface area contributed by atoms with Crippen molar-refractivity contribution in [2.45, 2.75) is 25.9 Å². The van der Waals surface area contributed by atoms with Crippen molar-refractivity contribution in [1.82, 2.24) is 5.32 Å². The minimum Gasteiger partial charge on any atom is -0.493 e. The Hall–Kier alpha value is -2.89. The SMILES string of the molecule is CC[C@@H](Oc1ccccc1OC)C(=O)NCCc1ccc(OC)c(OC)c1. The molecule has 6 nitrogen and oxygen atoms in total. The zero-order valence-corrected chi connectivity index (χ0v) is 16.3. The molecule has 0 unspecified atom stereocenters. The van der Waals surface area contributed by atoms with Crippen LogP contribution in [0.4, 0.5) is 0 Å². The van der Waals surface area contributed by atoms with Crippen LogP contribution in [-0.4, -0.2) is 39.9 Å². The van der Waals surface area contributed by atoms with Gasteiger partial charge in [0, 0.05) is 6.54 Å². The van der Waals surface area contributed by atoms with Crippen molar-refractivity contribution in [3.05, 3.63) is 48.0 Å². The predicted molar refractivity (Wildman–Crippen MR) is 104 cm³/mol. The summed E-state index contributed by atoms with van der Waals surface area (Å²) in [6.45, 7) is 2.41. The second-order valence-corrected chi connectivity index (χ2v) is 5.90. The Morgan fingerprint density at radius 2 is 1.56 bits per heavy atom. The number of ether oxygens (including phenoxy) is 4. The van der Waals surface area contributed by atoms with Crippen LogP contribution >= 0.6 is 0 Å². The fraction of sp³-hybridized carbons (Fsp3) is 0.381. The number of para-hydroxylation sites is 2. The van der Waals surface area contributed by atoms with Crippen LogP contribution in [0.15, 0.2) is 42.5 Å². The number of hydrogen-bond acceptors (Lipinski definition) is 5. The minimum atomic E-state index is -0.577. The van der Waals surface area contributed by atoms with Crippen molar-refractivity contribution in [1.29, 1.82) is 0 Å². The highest BCUT2D eigenvalue weighted by Crippen LogP contribution is 2.28. The van der Waals surface area contributed by atoms with E-state index < -0.39 is 6.10 Å². The molecule has 0 aromatic heterocycles. The number of carbonyl (C=O) groups excluding carboxylic acids is 1. The van der Waals surface area contributed by atoms with Crippen LogP contribution in [0.25, 0.3) is 0 Å². The van der Waals surface area contributed by atoms with Crippen molar-refractivity contribution >= 4 is 5.91 Å². The molecule has 6 heteroatoms. The molecule has 2 aromatic rings. The third-order valence-corrected chi connectivity index (χ3v) is 4.16. The topological polar surface area (TPSA) is 66.0 Å². The maximum atomic E-state index is 12.5. The van der Waals surface area contributed by atoms with E-state index in [4.69, 9.17) is 18.9 Å². The van der Waals surface area contributed by atoms with Crippen molar-refractivity contribution in [3.63, 3.8) is 0 Å². The van der Waals surface area contributed by atoms with Crippen molar-refractivity contribution in [2.24, 2.45) is 0 Å². The van der Waals surface area contributed by atoms with E-state index in [0.717, 1.165) is 5.56 Å². The normalized spacial score (nSPS) is 11.4. The molecule has 0 saturated heterocycles. The second kappa shape index (κ2) is 10.3. The summed E-state index contributed by atoms with van der Waals surface area (Å²) in [5, 5.41) is 2.93. The van der Waals surface area contributed by atoms with Crippen molar-refractivity contribution in [2.75, 3.05) is 27.9 Å². The Kier molecular flexibility index (Phi) is 7.79. The molecule has 0 bridgehead atoms. The molecule has 0 saturated carbocycles. The van der Waals surface area contributed by atoms with Gasteiger partial charge in [0.1, 0.15) is 0 Å². The lowest BCUT2D eigenvalue weighted by Gasteiger charge is -2.19. The molecule has 0 heterocycles. The highest BCUT2D eigenvalue weighted by molar-refractivity contribution is 5.81. The molecule has 0 aliphatic carbocycles. The molecule has 2 rings (SSSR count). The summed E-state index contributed by atoms with van der Waals surface area (Å²) in [5.74, 6) is 2.37. The number of nitrogens with one attached hydrogen (secondary N) is 1. The Bertz CT molecular complexity index is 747. The summed E-state index contributed by atoms with van der Waals surface area (Å²) in [7, 11) is 4.78. The number of benzene rings is 2. The number of amides is 1. The fourth-order valence-corrected chi connectivity index (χ4v) is 2.67. The summed E-state index contributed by atoms with van der Waals surface area (Å²) in [5.41, 5.74) is 1.05. The van der Waals surface area contributed by atoms with Gasteiger partial charge in [0.25, 0.3) is 5.91 Å². The molecule has 2 aromatic carbocycles. The predicted octanol–water partition coefficient (Wildman–Crippen LogP) is 3.23. The van der Waals surface area contributed by atoms with Crippen molar-refractivity contribution < 1.29 is 23.7 Å². The van der Waals surface area contributed by atoms with Crippen LogP contribution in [0.3, 0.4) is 0 Å². The highest BCUT2D eigenvalue weighted by atomic mass is 16.5. The van der Waals surface area contributed by atoms with Gasteiger partial charge in [0.2, 0.25) is 0 Å². The smallest absolute Gasteiger partial charge is 0.261 e. The zero-order chi connectivity index (χ0) is 19.6. The van der Waals surface area contributed by atoms with Crippen LogP contribution in [0.1, 0.15) is 18.9 Å². The third-order valence-electron chi connectivity index (χ3n) is 4.16. The summed E-state index contributed by atoms with van der Waals surface area (Å²) in [6.07, 6.45) is 0.656. The summed E-state index contributed by atoms with van der Waals surface area (Å²) < 4.78 is 21.7. The summed E-state index contributed by atoms with van der Waals surface area (Å²) in [4.78, 5) is 12.5. The van der Waals surface area contributed by atoms with Gasteiger partial charge in [0.15, 0.2) is 29.1 Å². The van der Waals surface area contributed by atoms with Gasteiger partial charge in [-0.3, -0.25) is 4.79 Å². The van der Waals surface area contributed by atoms with Gasteiger partial charge in [-0.05, 0) is 42.7 Å². The average Bonchev–Trinajstić information content (AvgIpc) is 2.71. The molecule has 146 valence electrons. The summed E-state index contributed by atoms with van der Waals surface area (Å²) in [6, 6.07) is 13.0. The molecule has 1 amide bonds. The van der Waals surface area contributed by atoms with Crippen LogP contribution < -0.4 is 24.3 Å². The van der Waals surface area contributed by atoms with Crippen LogP contribution in [0.2, 0.25) is 0 Å². The van der Waals surface area contributed by atoms with Gasteiger partial charge in [-0.15, -0.1) is 0 Å². The first kappa shape index (κ1) is 20.4. The molecule has 0 fully saturated rings. The van der Waals surface area contributed by atoms with Crippen LogP contribution in [-0.2, 0) is 11.2 Å². The monoisotopic (exact) mass is 373 g/mol. The number of rotatable bonds is 10. The summed E-state index contributed by atoms with van der Waals surface area (Å²) >= 11 is 0. The standard InChI is InChI=1S/C21H27NO5/c1-5-16(27-19-9-7-6-8-17(19)24-2)21(23)22-13-12-15-10-11-18(25-3)20(14-15)26-4/h6-11,14,16H,5,12-13H2,1-4H3,(H,22,23)/t16-/m1/s1. The molecule has 0 aliphatic heterocycles. The maximum Gasteiger partial charge on any atom is 0.261 e. The second-order valence-electron chi connectivity index (χ2n) is 5.90. The molecule has 1 N–H and O–H groups in total. The van der Waals surface area contributed by atoms with E-state index in [0.29, 0.717) is 42.4 Å². The van der Waals surface area contributed by atoms with Gasteiger partial charge in [0.05, 0.1) is 21.3 Å². The molecule has 0 spiro atoms. The van der Waals surface area contributed by atoms with Crippen LogP contribution in [0.5, 0.6) is 23.0 Å². The molecule has 1 atom stereocenters. The van der Waals surface area contributed by atoms with Crippen molar-refractivity contribution in [3.8, 4) is 23.0 Å². The van der Waals surface area contributed by atoms with Gasteiger partial charge in [-0.2, -0.15) is 0 Å².